The predicted molar refractivity (Wildman–Crippen MR) is 57.8 cm³/mol. The summed E-state index contributed by atoms with van der Waals surface area (Å²) in [6.45, 7) is 6.57. The van der Waals surface area contributed by atoms with Gasteiger partial charge in [-0.2, -0.15) is 11.8 Å². The van der Waals surface area contributed by atoms with Crippen molar-refractivity contribution in [3.8, 4) is 0 Å². The second-order valence-corrected chi connectivity index (χ2v) is 4.40. The van der Waals surface area contributed by atoms with Gasteiger partial charge >= 0.3 is 0 Å². The second-order valence-electron chi connectivity index (χ2n) is 3.22. The molecule has 0 aliphatic rings. The third-order valence-corrected chi connectivity index (χ3v) is 3.33. The SMILES string of the molecule is CSC(C)c1ccc(C)c(C)c1. The Morgan fingerprint density at radius 1 is 1.17 bits per heavy atom. The van der Waals surface area contributed by atoms with Gasteiger partial charge < -0.3 is 0 Å². The summed E-state index contributed by atoms with van der Waals surface area (Å²) in [4.78, 5) is 0. The first-order valence-corrected chi connectivity index (χ1v) is 5.54. The maximum absolute atomic E-state index is 2.29. The quantitative estimate of drug-likeness (QED) is 0.668. The molecule has 1 unspecified atom stereocenters. The van der Waals surface area contributed by atoms with Crippen LogP contribution in [0.25, 0.3) is 0 Å². The Morgan fingerprint density at radius 3 is 2.33 bits per heavy atom. The van der Waals surface area contributed by atoms with Gasteiger partial charge in [-0.1, -0.05) is 18.2 Å². The molecule has 0 nitrogen and oxygen atoms in total. The highest BCUT2D eigenvalue weighted by Crippen LogP contribution is 2.26. The number of rotatable bonds is 2. The van der Waals surface area contributed by atoms with Crippen LogP contribution in [-0.2, 0) is 0 Å². The Morgan fingerprint density at radius 2 is 1.83 bits per heavy atom. The Hall–Kier alpha value is -0.430. The number of thioether (sulfide) groups is 1. The fourth-order valence-corrected chi connectivity index (χ4v) is 1.57. The van der Waals surface area contributed by atoms with Crippen LogP contribution in [-0.4, -0.2) is 6.26 Å². The van der Waals surface area contributed by atoms with E-state index in [0.717, 1.165) is 0 Å². The average Bonchev–Trinajstić information content (AvgIpc) is 2.08. The second kappa shape index (κ2) is 3.99. The zero-order valence-electron chi connectivity index (χ0n) is 8.22. The topological polar surface area (TPSA) is 0 Å². The molecule has 0 radical (unpaired) electrons. The normalized spacial score (nSPS) is 13.0. The molecular weight excluding hydrogens is 164 g/mol. The van der Waals surface area contributed by atoms with Crippen molar-refractivity contribution < 1.29 is 0 Å². The van der Waals surface area contributed by atoms with Gasteiger partial charge in [0.2, 0.25) is 0 Å². The zero-order chi connectivity index (χ0) is 9.14. The largest absolute Gasteiger partial charge is 0.158 e. The number of aryl methyl sites for hydroxylation is 2. The minimum absolute atomic E-state index is 0.615. The highest BCUT2D eigenvalue weighted by molar-refractivity contribution is 7.98. The fraction of sp³-hybridized carbons (Fsp3) is 0.455. The molecule has 0 heterocycles. The van der Waals surface area contributed by atoms with E-state index in [1.807, 2.05) is 11.8 Å². The van der Waals surface area contributed by atoms with Crippen LogP contribution in [0.3, 0.4) is 0 Å². The van der Waals surface area contributed by atoms with E-state index in [4.69, 9.17) is 0 Å². The average molecular weight is 180 g/mol. The Labute approximate surface area is 79.4 Å². The molecule has 1 aromatic carbocycles. The van der Waals surface area contributed by atoms with Crippen LogP contribution < -0.4 is 0 Å². The van der Waals surface area contributed by atoms with E-state index in [9.17, 15) is 0 Å². The maximum Gasteiger partial charge on any atom is 0.0266 e. The smallest absolute Gasteiger partial charge is 0.0266 e. The van der Waals surface area contributed by atoms with Gasteiger partial charge in [0.1, 0.15) is 0 Å². The van der Waals surface area contributed by atoms with Crippen LogP contribution >= 0.6 is 11.8 Å². The molecule has 0 saturated carbocycles. The monoisotopic (exact) mass is 180 g/mol. The van der Waals surface area contributed by atoms with Crippen molar-refractivity contribution >= 4 is 11.8 Å². The van der Waals surface area contributed by atoms with Crippen LogP contribution in [0.2, 0.25) is 0 Å². The van der Waals surface area contributed by atoms with Gasteiger partial charge in [-0.15, -0.1) is 0 Å². The van der Waals surface area contributed by atoms with Crippen molar-refractivity contribution in [3.63, 3.8) is 0 Å². The molecule has 1 heteroatoms. The summed E-state index contributed by atoms with van der Waals surface area (Å²) in [6.07, 6.45) is 2.15. The summed E-state index contributed by atoms with van der Waals surface area (Å²) in [5.41, 5.74) is 4.21. The van der Waals surface area contributed by atoms with Crippen LogP contribution in [0.15, 0.2) is 18.2 Å². The zero-order valence-corrected chi connectivity index (χ0v) is 9.03. The van der Waals surface area contributed by atoms with Gasteiger partial charge in [-0.05, 0) is 43.7 Å². The van der Waals surface area contributed by atoms with Crippen LogP contribution in [0.5, 0.6) is 0 Å². The number of hydrogen-bond donors (Lipinski definition) is 0. The van der Waals surface area contributed by atoms with Crippen molar-refractivity contribution in [1.29, 1.82) is 0 Å². The Kier molecular flexibility index (Phi) is 3.21. The lowest BCUT2D eigenvalue weighted by molar-refractivity contribution is 1.09. The third-order valence-electron chi connectivity index (χ3n) is 2.35. The van der Waals surface area contributed by atoms with Crippen molar-refractivity contribution in [2.24, 2.45) is 0 Å². The van der Waals surface area contributed by atoms with E-state index in [-0.39, 0.29) is 0 Å². The van der Waals surface area contributed by atoms with Gasteiger partial charge in [0, 0.05) is 5.25 Å². The van der Waals surface area contributed by atoms with Crippen molar-refractivity contribution in [2.45, 2.75) is 26.0 Å². The summed E-state index contributed by atoms with van der Waals surface area (Å²) in [7, 11) is 0. The first-order chi connectivity index (χ1) is 5.65. The molecule has 1 rings (SSSR count). The third kappa shape index (κ3) is 2.04. The van der Waals surface area contributed by atoms with Gasteiger partial charge in [-0.25, -0.2) is 0 Å². The van der Waals surface area contributed by atoms with E-state index in [1.165, 1.54) is 16.7 Å². The molecule has 12 heavy (non-hydrogen) atoms. The molecule has 0 bridgehead atoms. The molecule has 0 spiro atoms. The van der Waals surface area contributed by atoms with Crippen molar-refractivity contribution in [3.05, 3.63) is 34.9 Å². The summed E-state index contributed by atoms with van der Waals surface area (Å²) in [6, 6.07) is 6.72. The molecule has 1 atom stereocenters. The van der Waals surface area contributed by atoms with E-state index in [2.05, 4.69) is 45.2 Å². The molecule has 0 aromatic heterocycles. The molecule has 0 aliphatic carbocycles. The first-order valence-electron chi connectivity index (χ1n) is 4.25. The highest BCUT2D eigenvalue weighted by Gasteiger charge is 2.03. The molecule has 0 amide bonds. The van der Waals surface area contributed by atoms with Crippen LogP contribution in [0.4, 0.5) is 0 Å². The van der Waals surface area contributed by atoms with E-state index in [1.54, 1.807) is 0 Å². The molecule has 0 aliphatic heterocycles. The first kappa shape index (κ1) is 9.66. The molecule has 0 N–H and O–H groups in total. The van der Waals surface area contributed by atoms with Crippen molar-refractivity contribution in [2.75, 3.05) is 6.26 Å². The molecular formula is C11H16S. The number of hydrogen-bond acceptors (Lipinski definition) is 1. The highest BCUT2D eigenvalue weighted by atomic mass is 32.2. The lowest BCUT2D eigenvalue weighted by Crippen LogP contribution is -1.89. The minimum atomic E-state index is 0.615. The summed E-state index contributed by atoms with van der Waals surface area (Å²) >= 11 is 1.89. The predicted octanol–water partition coefficient (Wildman–Crippen LogP) is 3.73. The van der Waals surface area contributed by atoms with Gasteiger partial charge in [0.05, 0.1) is 0 Å². The maximum atomic E-state index is 2.29. The minimum Gasteiger partial charge on any atom is -0.158 e. The summed E-state index contributed by atoms with van der Waals surface area (Å²) in [5.74, 6) is 0. The molecule has 66 valence electrons. The number of benzene rings is 1. The van der Waals surface area contributed by atoms with Gasteiger partial charge in [0.15, 0.2) is 0 Å². The fourth-order valence-electron chi connectivity index (χ4n) is 1.15. The molecule has 1 aromatic rings. The summed E-state index contributed by atoms with van der Waals surface area (Å²) in [5, 5.41) is 0.615. The standard InChI is InChI=1S/C11H16S/c1-8-5-6-11(7-9(8)2)10(3)12-4/h5-7,10H,1-4H3. The Bertz CT molecular complexity index is 266. The lowest BCUT2D eigenvalue weighted by Gasteiger charge is -2.10. The Balaban J connectivity index is 2.96. The summed E-state index contributed by atoms with van der Waals surface area (Å²) < 4.78 is 0. The van der Waals surface area contributed by atoms with Gasteiger partial charge in [0.25, 0.3) is 0 Å². The molecule has 0 saturated heterocycles. The van der Waals surface area contributed by atoms with Gasteiger partial charge in [-0.3, -0.25) is 0 Å². The van der Waals surface area contributed by atoms with Crippen molar-refractivity contribution in [1.82, 2.24) is 0 Å². The van der Waals surface area contributed by atoms with E-state index in [0.29, 0.717) is 5.25 Å². The van der Waals surface area contributed by atoms with Crippen LogP contribution in [0, 0.1) is 13.8 Å². The van der Waals surface area contributed by atoms with E-state index >= 15 is 0 Å². The van der Waals surface area contributed by atoms with E-state index < -0.39 is 0 Å². The lowest BCUT2D eigenvalue weighted by atomic mass is 10.0. The molecule has 0 fully saturated rings. The van der Waals surface area contributed by atoms with Crippen LogP contribution in [0.1, 0.15) is 28.9 Å².